The van der Waals surface area contributed by atoms with Gasteiger partial charge in [-0.25, -0.2) is 4.39 Å². The number of hydrogen-bond donors (Lipinski definition) is 1. The highest BCUT2D eigenvalue weighted by Gasteiger charge is 2.24. The fourth-order valence-electron chi connectivity index (χ4n) is 3.99. The number of piperazine rings is 1. The number of amides is 1. The van der Waals surface area contributed by atoms with Crippen LogP contribution in [0.2, 0.25) is 0 Å². The molecule has 3 rings (SSSR count). The Kier molecular flexibility index (Phi) is 8.30. The number of piperidine rings is 1. The average molecular weight is 420 g/mol. The lowest BCUT2D eigenvalue weighted by Crippen LogP contribution is -2.54. The summed E-state index contributed by atoms with van der Waals surface area (Å²) in [6.45, 7) is 8.36. The maximum Gasteiger partial charge on any atom is 0.236 e. The van der Waals surface area contributed by atoms with Crippen LogP contribution in [-0.4, -0.2) is 86.0 Å². The van der Waals surface area contributed by atoms with Crippen LogP contribution in [-0.2, 0) is 11.3 Å². The van der Waals surface area contributed by atoms with Gasteiger partial charge in [0.25, 0.3) is 0 Å². The molecule has 0 unspecified atom stereocenters. The minimum absolute atomic E-state index is 0.253. The third-order valence-electron chi connectivity index (χ3n) is 5.70. The molecule has 7 nitrogen and oxygen atoms in total. The molecule has 8 heteroatoms. The zero-order valence-electron chi connectivity index (χ0n) is 18.2. The minimum Gasteiger partial charge on any atom is -0.491 e. The summed E-state index contributed by atoms with van der Waals surface area (Å²) in [4.78, 5) is 23.3. The van der Waals surface area contributed by atoms with Gasteiger partial charge in [-0.1, -0.05) is 6.07 Å². The molecule has 166 valence electrons. The van der Waals surface area contributed by atoms with Gasteiger partial charge in [-0.2, -0.15) is 0 Å². The number of aliphatic imine (C=N–C) groups is 1. The smallest absolute Gasteiger partial charge is 0.236 e. The molecule has 30 heavy (non-hydrogen) atoms. The molecule has 0 atom stereocenters. The van der Waals surface area contributed by atoms with E-state index in [2.05, 4.69) is 20.1 Å². The topological polar surface area (TPSA) is 60.4 Å². The number of halogens is 1. The third-order valence-corrected chi connectivity index (χ3v) is 5.70. The van der Waals surface area contributed by atoms with Crippen LogP contribution in [0.5, 0.6) is 5.75 Å². The summed E-state index contributed by atoms with van der Waals surface area (Å²) in [6, 6.07) is 5.02. The fourth-order valence-corrected chi connectivity index (χ4v) is 3.99. The van der Waals surface area contributed by atoms with Crippen molar-refractivity contribution in [2.24, 2.45) is 4.99 Å². The number of carbonyl (C=O) groups is 1. The van der Waals surface area contributed by atoms with Gasteiger partial charge in [0.1, 0.15) is 0 Å². The SMILES string of the molecule is CCOc1ccc(CNC(=NC)N2CCN(CC(=O)N3CCCCC3)CC2)cc1F. The molecule has 0 spiro atoms. The van der Waals surface area contributed by atoms with E-state index < -0.39 is 0 Å². The number of rotatable bonds is 6. The Bertz CT molecular complexity index is 728. The molecule has 2 aliphatic rings. The first kappa shape index (κ1) is 22.3. The van der Waals surface area contributed by atoms with Crippen LogP contribution in [0.15, 0.2) is 23.2 Å². The first-order valence-corrected chi connectivity index (χ1v) is 11.0. The molecule has 1 amide bonds. The second-order valence-electron chi connectivity index (χ2n) is 7.80. The molecule has 0 radical (unpaired) electrons. The van der Waals surface area contributed by atoms with Crippen molar-refractivity contribution < 1.29 is 13.9 Å². The lowest BCUT2D eigenvalue weighted by molar-refractivity contribution is -0.133. The summed E-state index contributed by atoms with van der Waals surface area (Å²) in [5.41, 5.74) is 0.836. The van der Waals surface area contributed by atoms with E-state index in [0.29, 0.717) is 19.7 Å². The maximum absolute atomic E-state index is 14.0. The van der Waals surface area contributed by atoms with Gasteiger partial charge in [0.2, 0.25) is 5.91 Å². The van der Waals surface area contributed by atoms with Gasteiger partial charge in [0.15, 0.2) is 17.5 Å². The number of ether oxygens (including phenoxy) is 1. The van der Waals surface area contributed by atoms with Crippen molar-refractivity contribution in [3.63, 3.8) is 0 Å². The second-order valence-corrected chi connectivity index (χ2v) is 7.80. The van der Waals surface area contributed by atoms with Gasteiger partial charge in [0.05, 0.1) is 13.2 Å². The normalized spacial score (nSPS) is 18.4. The Labute approximate surface area is 178 Å². The third kappa shape index (κ3) is 6.08. The molecule has 2 saturated heterocycles. The van der Waals surface area contributed by atoms with Gasteiger partial charge in [0, 0.05) is 52.9 Å². The predicted octanol–water partition coefficient (Wildman–Crippen LogP) is 1.93. The summed E-state index contributed by atoms with van der Waals surface area (Å²) >= 11 is 0. The highest BCUT2D eigenvalue weighted by molar-refractivity contribution is 5.80. The molecule has 0 aliphatic carbocycles. The summed E-state index contributed by atoms with van der Waals surface area (Å²) in [6.07, 6.45) is 3.48. The summed E-state index contributed by atoms with van der Waals surface area (Å²) in [5, 5.41) is 3.32. The minimum atomic E-state index is -0.349. The zero-order chi connectivity index (χ0) is 21.3. The second kappa shape index (κ2) is 11.2. The van der Waals surface area contributed by atoms with Crippen molar-refractivity contribution in [1.29, 1.82) is 0 Å². The Morgan fingerprint density at radius 2 is 1.83 bits per heavy atom. The number of nitrogens with zero attached hydrogens (tertiary/aromatic N) is 4. The van der Waals surface area contributed by atoms with Crippen molar-refractivity contribution in [3.05, 3.63) is 29.6 Å². The van der Waals surface area contributed by atoms with Gasteiger partial charge in [-0.15, -0.1) is 0 Å². The first-order valence-electron chi connectivity index (χ1n) is 11.0. The first-order chi connectivity index (χ1) is 14.6. The number of benzene rings is 1. The lowest BCUT2D eigenvalue weighted by Gasteiger charge is -2.37. The number of guanidine groups is 1. The van der Waals surface area contributed by atoms with Crippen LogP contribution in [0, 0.1) is 5.82 Å². The van der Waals surface area contributed by atoms with Crippen LogP contribution in [0.4, 0.5) is 4.39 Å². The molecule has 0 aromatic heterocycles. The molecular weight excluding hydrogens is 385 g/mol. The van der Waals surface area contributed by atoms with Crippen LogP contribution < -0.4 is 10.1 Å². The van der Waals surface area contributed by atoms with Crippen molar-refractivity contribution in [2.75, 3.05) is 59.5 Å². The molecule has 2 heterocycles. The Balaban J connectivity index is 1.44. The van der Waals surface area contributed by atoms with Crippen LogP contribution in [0.25, 0.3) is 0 Å². The fraction of sp³-hybridized carbons (Fsp3) is 0.636. The van der Waals surface area contributed by atoms with Crippen LogP contribution >= 0.6 is 0 Å². The van der Waals surface area contributed by atoms with E-state index in [1.807, 2.05) is 17.9 Å². The standard InChI is InChI=1S/C22H34FN5O2/c1-3-30-20-8-7-18(15-19(20)23)16-25-22(24-2)28-13-11-26(12-14-28)17-21(29)27-9-5-4-6-10-27/h7-8,15H,3-6,9-14,16-17H2,1-2H3,(H,24,25). The number of nitrogens with one attached hydrogen (secondary N) is 1. The molecule has 2 aliphatic heterocycles. The Morgan fingerprint density at radius 3 is 2.47 bits per heavy atom. The highest BCUT2D eigenvalue weighted by atomic mass is 19.1. The summed E-state index contributed by atoms with van der Waals surface area (Å²) in [5.74, 6) is 0.980. The van der Waals surface area contributed by atoms with Crippen LogP contribution in [0.1, 0.15) is 31.7 Å². The van der Waals surface area contributed by atoms with E-state index in [1.165, 1.54) is 12.5 Å². The Hall–Kier alpha value is -2.35. The van der Waals surface area contributed by atoms with Crippen LogP contribution in [0.3, 0.4) is 0 Å². The predicted molar refractivity (Wildman–Crippen MR) is 116 cm³/mol. The summed E-state index contributed by atoms with van der Waals surface area (Å²) in [7, 11) is 1.76. The van der Waals surface area contributed by atoms with E-state index in [-0.39, 0.29) is 17.5 Å². The Morgan fingerprint density at radius 1 is 1.10 bits per heavy atom. The molecule has 0 bridgehead atoms. The van der Waals surface area contributed by atoms with E-state index in [1.54, 1.807) is 13.1 Å². The molecule has 2 fully saturated rings. The van der Waals surface area contributed by atoms with Gasteiger partial charge >= 0.3 is 0 Å². The van der Waals surface area contributed by atoms with Crippen molar-refractivity contribution in [3.8, 4) is 5.75 Å². The van der Waals surface area contributed by atoms with Gasteiger partial charge in [-0.05, 0) is 43.9 Å². The number of carbonyl (C=O) groups excluding carboxylic acids is 1. The summed E-state index contributed by atoms with van der Waals surface area (Å²) < 4.78 is 19.3. The molecule has 0 saturated carbocycles. The van der Waals surface area contributed by atoms with Gasteiger partial charge < -0.3 is 19.9 Å². The van der Waals surface area contributed by atoms with E-state index in [4.69, 9.17) is 4.74 Å². The van der Waals surface area contributed by atoms with E-state index in [9.17, 15) is 9.18 Å². The molecule has 1 aromatic carbocycles. The number of likely N-dealkylation sites (tertiary alicyclic amines) is 1. The highest BCUT2D eigenvalue weighted by Crippen LogP contribution is 2.18. The van der Waals surface area contributed by atoms with Crippen molar-refractivity contribution in [2.45, 2.75) is 32.7 Å². The van der Waals surface area contributed by atoms with E-state index in [0.717, 1.165) is 63.6 Å². The monoisotopic (exact) mass is 419 g/mol. The van der Waals surface area contributed by atoms with Crippen molar-refractivity contribution >= 4 is 11.9 Å². The molecule has 1 N–H and O–H groups in total. The lowest BCUT2D eigenvalue weighted by atomic mass is 10.1. The van der Waals surface area contributed by atoms with Crippen molar-refractivity contribution in [1.82, 2.24) is 20.0 Å². The largest absolute Gasteiger partial charge is 0.491 e. The van der Waals surface area contributed by atoms with Gasteiger partial charge in [-0.3, -0.25) is 14.7 Å². The average Bonchev–Trinajstić information content (AvgIpc) is 2.77. The molecular formula is C22H34FN5O2. The zero-order valence-corrected chi connectivity index (χ0v) is 18.2. The maximum atomic E-state index is 14.0. The quantitative estimate of drug-likeness (QED) is 0.564. The number of hydrogen-bond acceptors (Lipinski definition) is 4. The van der Waals surface area contributed by atoms with E-state index >= 15 is 0 Å². The molecule has 1 aromatic rings.